The maximum Gasteiger partial charge on any atom is 0.149 e. The third kappa shape index (κ3) is 4.39. The third-order valence-electron chi connectivity index (χ3n) is 7.64. The monoisotopic (exact) mass is 488 g/mol. The largest absolute Gasteiger partial charge is 0.366 e. The number of nitrogens with zero attached hydrogens (tertiary/aromatic N) is 5. The smallest absolute Gasteiger partial charge is 0.149 e. The molecule has 6 rings (SSSR count). The summed E-state index contributed by atoms with van der Waals surface area (Å²) in [6, 6.07) is 17.8. The minimum Gasteiger partial charge on any atom is -0.366 e. The SMILES string of the molecule is Cl.N#Cc1c(N2CCCCC2)nc(N2CCNCC2)c2c1CN(c1cccc3ccccc13)CC2. The van der Waals surface area contributed by atoms with Crippen LogP contribution in [0.25, 0.3) is 10.8 Å². The topological polar surface area (TPSA) is 58.4 Å². The molecule has 0 spiro atoms. The molecule has 3 aliphatic heterocycles. The number of anilines is 3. The van der Waals surface area contributed by atoms with E-state index in [0.717, 1.165) is 76.0 Å². The molecular weight excluding hydrogens is 456 g/mol. The van der Waals surface area contributed by atoms with E-state index in [9.17, 15) is 5.26 Å². The first kappa shape index (κ1) is 23.7. The number of aromatic nitrogens is 1. The summed E-state index contributed by atoms with van der Waals surface area (Å²) in [5.74, 6) is 2.03. The Morgan fingerprint density at radius 1 is 0.771 bits per heavy atom. The molecule has 0 saturated carbocycles. The van der Waals surface area contributed by atoms with Crippen LogP contribution in [0.15, 0.2) is 42.5 Å². The highest BCUT2D eigenvalue weighted by molar-refractivity contribution is 5.94. The second kappa shape index (κ2) is 10.3. The number of piperidine rings is 1. The fraction of sp³-hybridized carbons (Fsp3) is 0.429. The lowest BCUT2D eigenvalue weighted by Gasteiger charge is -2.38. The second-order valence-corrected chi connectivity index (χ2v) is 9.66. The summed E-state index contributed by atoms with van der Waals surface area (Å²) in [4.78, 5) is 12.5. The molecule has 6 nitrogen and oxygen atoms in total. The molecule has 2 aromatic carbocycles. The van der Waals surface area contributed by atoms with Crippen LogP contribution in [0.2, 0.25) is 0 Å². The Balaban J connectivity index is 0.00000253. The highest BCUT2D eigenvalue weighted by atomic mass is 35.5. The van der Waals surface area contributed by atoms with Gasteiger partial charge in [-0.05, 0) is 42.7 Å². The molecule has 3 aliphatic rings. The van der Waals surface area contributed by atoms with Gasteiger partial charge < -0.3 is 20.0 Å². The van der Waals surface area contributed by atoms with Gasteiger partial charge in [0.25, 0.3) is 0 Å². The van der Waals surface area contributed by atoms with E-state index in [1.54, 1.807) is 0 Å². The van der Waals surface area contributed by atoms with Crippen molar-refractivity contribution in [3.8, 4) is 6.07 Å². The van der Waals surface area contributed by atoms with Crippen LogP contribution in [0.3, 0.4) is 0 Å². The van der Waals surface area contributed by atoms with Crippen molar-refractivity contribution in [3.63, 3.8) is 0 Å². The van der Waals surface area contributed by atoms with Crippen molar-refractivity contribution in [2.75, 3.05) is 60.5 Å². The van der Waals surface area contributed by atoms with E-state index in [0.29, 0.717) is 0 Å². The molecule has 0 atom stereocenters. The van der Waals surface area contributed by atoms with Crippen molar-refractivity contribution in [1.82, 2.24) is 10.3 Å². The van der Waals surface area contributed by atoms with Gasteiger partial charge in [0.05, 0.1) is 5.56 Å². The molecule has 0 bridgehead atoms. The summed E-state index contributed by atoms with van der Waals surface area (Å²) < 4.78 is 0. The molecule has 0 unspecified atom stereocenters. The molecule has 2 fully saturated rings. The number of benzene rings is 2. The van der Waals surface area contributed by atoms with Gasteiger partial charge in [0.1, 0.15) is 17.7 Å². The van der Waals surface area contributed by atoms with Gasteiger partial charge in [-0.3, -0.25) is 0 Å². The van der Waals surface area contributed by atoms with Crippen molar-refractivity contribution < 1.29 is 0 Å². The zero-order valence-corrected chi connectivity index (χ0v) is 21.0. The summed E-state index contributed by atoms with van der Waals surface area (Å²) in [6.45, 7) is 7.60. The summed E-state index contributed by atoms with van der Waals surface area (Å²) in [6.07, 6.45) is 4.53. The van der Waals surface area contributed by atoms with Gasteiger partial charge in [-0.1, -0.05) is 36.4 Å². The Kier molecular flexibility index (Phi) is 6.99. The Labute approximate surface area is 213 Å². The van der Waals surface area contributed by atoms with Gasteiger partial charge in [0.15, 0.2) is 0 Å². The Morgan fingerprint density at radius 3 is 2.31 bits per heavy atom. The van der Waals surface area contributed by atoms with Crippen molar-refractivity contribution in [2.24, 2.45) is 0 Å². The molecule has 35 heavy (non-hydrogen) atoms. The highest BCUT2D eigenvalue weighted by Crippen LogP contribution is 2.38. The number of hydrogen-bond acceptors (Lipinski definition) is 6. The number of rotatable bonds is 3. The number of fused-ring (bicyclic) bond motifs is 2. The van der Waals surface area contributed by atoms with Crippen molar-refractivity contribution >= 4 is 40.5 Å². The molecule has 2 saturated heterocycles. The zero-order chi connectivity index (χ0) is 22.9. The normalized spacial score (nSPS) is 18.1. The fourth-order valence-electron chi connectivity index (χ4n) is 5.88. The van der Waals surface area contributed by atoms with Crippen molar-refractivity contribution in [3.05, 3.63) is 59.2 Å². The molecule has 0 aliphatic carbocycles. The molecule has 1 N–H and O–H groups in total. The summed E-state index contributed by atoms with van der Waals surface area (Å²) in [5.41, 5.74) is 4.52. The lowest BCUT2D eigenvalue weighted by Crippen LogP contribution is -2.45. The van der Waals surface area contributed by atoms with E-state index in [4.69, 9.17) is 4.98 Å². The van der Waals surface area contributed by atoms with Gasteiger partial charge in [-0.25, -0.2) is 4.98 Å². The van der Waals surface area contributed by atoms with E-state index >= 15 is 0 Å². The highest BCUT2D eigenvalue weighted by Gasteiger charge is 2.31. The first-order valence-electron chi connectivity index (χ1n) is 12.7. The quantitative estimate of drug-likeness (QED) is 0.586. The molecule has 0 radical (unpaired) electrons. The lowest BCUT2D eigenvalue weighted by molar-refractivity contribution is 0.565. The predicted molar refractivity (Wildman–Crippen MR) is 146 cm³/mol. The van der Waals surface area contributed by atoms with Crippen LogP contribution < -0.4 is 20.0 Å². The Bertz CT molecular complexity index is 1230. The van der Waals surface area contributed by atoms with E-state index in [2.05, 4.69) is 68.6 Å². The van der Waals surface area contributed by atoms with Crippen LogP contribution in [0.5, 0.6) is 0 Å². The predicted octanol–water partition coefficient (Wildman–Crippen LogP) is 4.49. The van der Waals surface area contributed by atoms with E-state index in [-0.39, 0.29) is 12.4 Å². The minimum atomic E-state index is 0. The number of nitrogens with one attached hydrogen (secondary N) is 1. The van der Waals surface area contributed by atoms with Gasteiger partial charge in [0, 0.05) is 69.0 Å². The van der Waals surface area contributed by atoms with Crippen LogP contribution in [-0.4, -0.2) is 50.8 Å². The number of hydrogen-bond donors (Lipinski definition) is 1. The average molecular weight is 489 g/mol. The molecule has 7 heteroatoms. The summed E-state index contributed by atoms with van der Waals surface area (Å²) in [7, 11) is 0. The molecule has 3 aromatic rings. The number of halogens is 1. The van der Waals surface area contributed by atoms with Crippen molar-refractivity contribution in [2.45, 2.75) is 32.2 Å². The number of nitriles is 1. The average Bonchev–Trinajstić information content (AvgIpc) is 2.92. The first-order valence-corrected chi connectivity index (χ1v) is 12.7. The fourth-order valence-corrected chi connectivity index (χ4v) is 5.88. The molecule has 4 heterocycles. The van der Waals surface area contributed by atoms with E-state index in [1.165, 1.54) is 46.8 Å². The first-order chi connectivity index (χ1) is 16.8. The molecule has 0 amide bonds. The van der Waals surface area contributed by atoms with Gasteiger partial charge in [-0.2, -0.15) is 5.26 Å². The van der Waals surface area contributed by atoms with Crippen LogP contribution in [0, 0.1) is 11.3 Å². The van der Waals surface area contributed by atoms with Crippen LogP contribution >= 0.6 is 12.4 Å². The zero-order valence-electron chi connectivity index (χ0n) is 20.2. The summed E-state index contributed by atoms with van der Waals surface area (Å²) in [5, 5.41) is 16.4. The maximum absolute atomic E-state index is 10.4. The Morgan fingerprint density at radius 2 is 1.51 bits per heavy atom. The van der Waals surface area contributed by atoms with Gasteiger partial charge >= 0.3 is 0 Å². The molecular formula is C28H33ClN6. The van der Waals surface area contributed by atoms with Crippen molar-refractivity contribution in [1.29, 1.82) is 5.26 Å². The van der Waals surface area contributed by atoms with Crippen LogP contribution in [-0.2, 0) is 13.0 Å². The number of pyridine rings is 1. The Hall–Kier alpha value is -3.01. The maximum atomic E-state index is 10.4. The van der Waals surface area contributed by atoms with E-state index < -0.39 is 0 Å². The second-order valence-electron chi connectivity index (χ2n) is 9.66. The standard InChI is InChI=1S/C28H32N6.ClH/c29-19-24-25-20-34(26-10-6-8-21-7-2-3-9-22(21)26)16-11-23(25)27(33-17-12-30-13-18-33)31-28(24)32-14-4-1-5-15-32;/h2-3,6-10,30H,1,4-5,11-18,20H2;1H. The number of piperazine rings is 1. The van der Waals surface area contributed by atoms with Gasteiger partial charge in [-0.15, -0.1) is 12.4 Å². The van der Waals surface area contributed by atoms with Crippen LogP contribution in [0.4, 0.5) is 17.3 Å². The lowest BCUT2D eigenvalue weighted by atomic mass is 9.94. The summed E-state index contributed by atoms with van der Waals surface area (Å²) >= 11 is 0. The van der Waals surface area contributed by atoms with E-state index in [1.807, 2.05) is 0 Å². The van der Waals surface area contributed by atoms with Crippen LogP contribution in [0.1, 0.15) is 36.0 Å². The van der Waals surface area contributed by atoms with Gasteiger partial charge in [0.2, 0.25) is 0 Å². The molecule has 182 valence electrons. The molecule has 1 aromatic heterocycles. The third-order valence-corrected chi connectivity index (χ3v) is 7.64. The minimum absolute atomic E-state index is 0.